The molecule has 7 heteroatoms. The predicted octanol–water partition coefficient (Wildman–Crippen LogP) is 6.22. The maximum atomic E-state index is 13.7. The van der Waals surface area contributed by atoms with Crippen molar-refractivity contribution in [1.82, 2.24) is 14.9 Å². The molecule has 190 valence electrons. The van der Waals surface area contributed by atoms with Crippen molar-refractivity contribution in [2.24, 2.45) is 0 Å². The van der Waals surface area contributed by atoms with Gasteiger partial charge in [0.15, 0.2) is 0 Å². The van der Waals surface area contributed by atoms with E-state index in [9.17, 15) is 13.2 Å². The van der Waals surface area contributed by atoms with Crippen molar-refractivity contribution in [3.05, 3.63) is 77.1 Å². The molecule has 1 heterocycles. The summed E-state index contributed by atoms with van der Waals surface area (Å²) in [4.78, 5) is 23.5. The Labute approximate surface area is 211 Å². The number of carbonyl (C=O) groups is 1. The van der Waals surface area contributed by atoms with E-state index in [0.29, 0.717) is 5.56 Å². The number of rotatable bonds is 5. The Kier molecular flexibility index (Phi) is 10.8. The van der Waals surface area contributed by atoms with Gasteiger partial charge < -0.3 is 4.90 Å². The normalized spacial score (nSPS) is 10.9. The van der Waals surface area contributed by atoms with Crippen molar-refractivity contribution >= 4 is 15.7 Å². The van der Waals surface area contributed by atoms with Crippen molar-refractivity contribution in [2.45, 2.75) is 66.1 Å². The minimum atomic E-state index is -3.68. The first kappa shape index (κ1) is 30.0. The maximum absolute atomic E-state index is 13.7. The summed E-state index contributed by atoms with van der Waals surface area (Å²) in [6, 6.07) is 15.4. The Morgan fingerprint density at radius 3 is 2.00 bits per heavy atom. The molecule has 0 radical (unpaired) electrons. The summed E-state index contributed by atoms with van der Waals surface area (Å²) >= 11 is 0. The van der Waals surface area contributed by atoms with Crippen LogP contribution in [-0.4, -0.2) is 42.5 Å². The molecule has 6 nitrogen and oxygen atoms in total. The van der Waals surface area contributed by atoms with Gasteiger partial charge in [0.05, 0.1) is 5.54 Å². The molecule has 0 bridgehead atoms. The SMILES string of the molecule is CC.CC.Cc1cccc(-c2cnc(S(C)(=O)=O)nc2C(=O)N(C)C(C)(C)c2ccccc2)c1C. The van der Waals surface area contributed by atoms with Crippen LogP contribution in [0.4, 0.5) is 0 Å². The van der Waals surface area contributed by atoms with Gasteiger partial charge in [-0.3, -0.25) is 4.79 Å². The summed E-state index contributed by atoms with van der Waals surface area (Å²) in [5.74, 6) is -0.378. The second-order valence-electron chi connectivity index (χ2n) is 8.22. The van der Waals surface area contributed by atoms with Crippen LogP contribution in [0.15, 0.2) is 59.9 Å². The van der Waals surface area contributed by atoms with Gasteiger partial charge in [-0.25, -0.2) is 18.4 Å². The van der Waals surface area contributed by atoms with Gasteiger partial charge >= 0.3 is 0 Å². The van der Waals surface area contributed by atoms with E-state index in [4.69, 9.17) is 0 Å². The highest BCUT2D eigenvalue weighted by atomic mass is 32.2. The number of aryl methyl sites for hydroxylation is 1. The standard InChI is InChI=1S/C24H27N3O3S.2C2H6/c1-16-11-10-14-19(17(16)2)20-15-25-23(31(6,29)30)26-21(20)22(28)27(5)24(3,4)18-12-8-7-9-13-18;2*1-2/h7-15H,1-6H3;2*1-2H3. The van der Waals surface area contributed by atoms with E-state index in [0.717, 1.165) is 28.5 Å². The zero-order valence-electron chi connectivity index (χ0n) is 22.7. The average molecular weight is 498 g/mol. The van der Waals surface area contributed by atoms with Crippen molar-refractivity contribution in [3.8, 4) is 11.1 Å². The van der Waals surface area contributed by atoms with Gasteiger partial charge in [-0.1, -0.05) is 76.2 Å². The molecule has 0 N–H and O–H groups in total. The van der Waals surface area contributed by atoms with Gasteiger partial charge in [-0.15, -0.1) is 0 Å². The third kappa shape index (κ3) is 6.75. The molecule has 0 saturated heterocycles. The molecule has 1 aromatic heterocycles. The Balaban J connectivity index is 0.00000145. The highest BCUT2D eigenvalue weighted by Crippen LogP contribution is 2.32. The summed E-state index contributed by atoms with van der Waals surface area (Å²) < 4.78 is 24.2. The van der Waals surface area contributed by atoms with Gasteiger partial charge in [0.2, 0.25) is 15.0 Å². The first-order valence-corrected chi connectivity index (χ1v) is 13.8. The number of nitrogens with zero attached hydrogens (tertiary/aromatic N) is 3. The first-order chi connectivity index (χ1) is 16.4. The summed E-state index contributed by atoms with van der Waals surface area (Å²) in [5, 5.41) is -0.365. The topological polar surface area (TPSA) is 80.2 Å². The van der Waals surface area contributed by atoms with E-state index in [1.807, 2.05) is 104 Å². The van der Waals surface area contributed by atoms with Crippen molar-refractivity contribution in [2.75, 3.05) is 13.3 Å². The number of hydrogen-bond acceptors (Lipinski definition) is 5. The van der Waals surface area contributed by atoms with Crippen molar-refractivity contribution in [1.29, 1.82) is 0 Å². The largest absolute Gasteiger partial charge is 0.331 e. The quantitative estimate of drug-likeness (QED) is 0.391. The molecule has 0 unspecified atom stereocenters. The molecule has 2 aromatic carbocycles. The van der Waals surface area contributed by atoms with Gasteiger partial charge in [0.1, 0.15) is 5.69 Å². The monoisotopic (exact) mass is 497 g/mol. The van der Waals surface area contributed by atoms with Crippen molar-refractivity contribution < 1.29 is 13.2 Å². The molecule has 0 spiro atoms. The second kappa shape index (κ2) is 12.6. The zero-order chi connectivity index (χ0) is 27.0. The lowest BCUT2D eigenvalue weighted by Gasteiger charge is -2.36. The lowest BCUT2D eigenvalue weighted by atomic mass is 9.91. The molecular weight excluding hydrogens is 458 g/mol. The van der Waals surface area contributed by atoms with Gasteiger partial charge in [0.25, 0.3) is 5.91 Å². The number of benzene rings is 2. The van der Waals surface area contributed by atoms with Crippen LogP contribution in [0, 0.1) is 13.8 Å². The predicted molar refractivity (Wildman–Crippen MR) is 144 cm³/mol. The molecule has 0 saturated carbocycles. The second-order valence-corrected chi connectivity index (χ2v) is 10.1. The number of amides is 1. The summed E-state index contributed by atoms with van der Waals surface area (Å²) in [5.41, 5.74) is 3.72. The number of hydrogen-bond donors (Lipinski definition) is 0. The van der Waals surface area contributed by atoms with Gasteiger partial charge in [0, 0.05) is 25.1 Å². The van der Waals surface area contributed by atoms with Crippen LogP contribution in [0.5, 0.6) is 0 Å². The molecule has 3 rings (SSSR count). The molecule has 0 aliphatic carbocycles. The van der Waals surface area contributed by atoms with Crippen LogP contribution in [0.3, 0.4) is 0 Å². The fraction of sp³-hybridized carbons (Fsp3) is 0.393. The summed E-state index contributed by atoms with van der Waals surface area (Å²) in [6.07, 6.45) is 2.47. The maximum Gasteiger partial charge on any atom is 0.273 e. The Bertz CT molecular complexity index is 1240. The fourth-order valence-corrected chi connectivity index (χ4v) is 3.90. The van der Waals surface area contributed by atoms with Crippen LogP contribution in [0.2, 0.25) is 0 Å². The van der Waals surface area contributed by atoms with E-state index < -0.39 is 15.4 Å². The molecular formula is C28H39N3O3S. The smallest absolute Gasteiger partial charge is 0.273 e. The number of sulfone groups is 1. The third-order valence-corrected chi connectivity index (χ3v) is 6.68. The van der Waals surface area contributed by atoms with Gasteiger partial charge in [-0.05, 0) is 49.9 Å². The van der Waals surface area contributed by atoms with Crippen LogP contribution in [0.1, 0.15) is 68.7 Å². The van der Waals surface area contributed by atoms with Crippen LogP contribution < -0.4 is 0 Å². The van der Waals surface area contributed by atoms with E-state index in [-0.39, 0.29) is 16.8 Å². The average Bonchev–Trinajstić information content (AvgIpc) is 2.87. The van der Waals surface area contributed by atoms with E-state index in [1.165, 1.54) is 6.20 Å². The fourth-order valence-electron chi connectivity index (χ4n) is 3.40. The highest BCUT2D eigenvalue weighted by Gasteiger charge is 2.33. The minimum absolute atomic E-state index is 0.0654. The molecule has 1 amide bonds. The molecule has 0 fully saturated rings. The Morgan fingerprint density at radius 1 is 0.886 bits per heavy atom. The number of aromatic nitrogens is 2. The van der Waals surface area contributed by atoms with E-state index >= 15 is 0 Å². The molecule has 0 aliphatic rings. The van der Waals surface area contributed by atoms with Crippen LogP contribution >= 0.6 is 0 Å². The molecule has 0 atom stereocenters. The molecule has 0 aliphatic heterocycles. The molecule has 3 aromatic rings. The lowest BCUT2D eigenvalue weighted by Crippen LogP contribution is -2.43. The van der Waals surface area contributed by atoms with E-state index in [2.05, 4.69) is 9.97 Å². The van der Waals surface area contributed by atoms with Gasteiger partial charge in [-0.2, -0.15) is 0 Å². The van der Waals surface area contributed by atoms with Crippen molar-refractivity contribution in [3.63, 3.8) is 0 Å². The van der Waals surface area contributed by atoms with Crippen LogP contribution in [0.25, 0.3) is 11.1 Å². The molecule has 35 heavy (non-hydrogen) atoms. The summed E-state index contributed by atoms with van der Waals surface area (Å²) in [6.45, 7) is 15.8. The Hall–Kier alpha value is -3.06. The minimum Gasteiger partial charge on any atom is -0.331 e. The third-order valence-electron chi connectivity index (χ3n) is 5.82. The lowest BCUT2D eigenvalue weighted by molar-refractivity contribution is 0.0616. The Morgan fingerprint density at radius 2 is 1.46 bits per heavy atom. The summed E-state index contributed by atoms with van der Waals surface area (Å²) in [7, 11) is -1.98. The van der Waals surface area contributed by atoms with E-state index in [1.54, 1.807) is 11.9 Å². The van der Waals surface area contributed by atoms with Crippen LogP contribution in [-0.2, 0) is 15.4 Å². The number of carbonyl (C=O) groups excluding carboxylic acids is 1. The highest BCUT2D eigenvalue weighted by molar-refractivity contribution is 7.90. The first-order valence-electron chi connectivity index (χ1n) is 11.9. The zero-order valence-corrected chi connectivity index (χ0v) is 23.5.